The zero-order chi connectivity index (χ0) is 16.1. The normalized spacial score (nSPS) is 17.2. The van der Waals surface area contributed by atoms with Crippen LogP contribution in [0.5, 0.6) is 0 Å². The Bertz CT molecular complexity index is 636. The highest BCUT2D eigenvalue weighted by molar-refractivity contribution is 6.30. The van der Waals surface area contributed by atoms with Gasteiger partial charge in [-0.2, -0.15) is 0 Å². The third kappa shape index (κ3) is 4.34. The Labute approximate surface area is 141 Å². The fourth-order valence-electron chi connectivity index (χ4n) is 2.83. The molecule has 0 aliphatic carbocycles. The Morgan fingerprint density at radius 1 is 1.13 bits per heavy atom. The minimum Gasteiger partial charge on any atom is -0.376 e. The summed E-state index contributed by atoms with van der Waals surface area (Å²) in [5, 5.41) is 0.703. The predicted octanol–water partition coefficient (Wildman–Crippen LogP) is 4.16. The van der Waals surface area contributed by atoms with E-state index in [1.165, 1.54) is 0 Å². The maximum atomic E-state index is 12.8. The number of hydrogen-bond donors (Lipinski definition) is 0. The van der Waals surface area contributed by atoms with Crippen LogP contribution in [0.15, 0.2) is 54.6 Å². The summed E-state index contributed by atoms with van der Waals surface area (Å²) in [6, 6.07) is 17.0. The first-order valence-corrected chi connectivity index (χ1v) is 8.30. The van der Waals surface area contributed by atoms with Gasteiger partial charge in [0.15, 0.2) is 0 Å². The molecule has 120 valence electrons. The molecule has 1 atom stereocenters. The number of carbonyl (C=O) groups is 1. The van der Waals surface area contributed by atoms with Gasteiger partial charge in [0.1, 0.15) is 0 Å². The summed E-state index contributed by atoms with van der Waals surface area (Å²) in [5.74, 6) is 0.0380. The van der Waals surface area contributed by atoms with Gasteiger partial charge in [0.25, 0.3) is 5.91 Å². The number of hydrogen-bond acceptors (Lipinski definition) is 2. The number of benzene rings is 2. The van der Waals surface area contributed by atoms with Crippen LogP contribution in [0.1, 0.15) is 28.8 Å². The van der Waals surface area contributed by atoms with Crippen LogP contribution in [0, 0.1) is 0 Å². The van der Waals surface area contributed by atoms with Crippen LogP contribution in [0.2, 0.25) is 5.02 Å². The second kappa shape index (κ2) is 7.62. The lowest BCUT2D eigenvalue weighted by molar-refractivity contribution is 0.0507. The van der Waals surface area contributed by atoms with E-state index >= 15 is 0 Å². The number of nitrogens with zero attached hydrogens (tertiary/aromatic N) is 1. The maximum Gasteiger partial charge on any atom is 0.254 e. The third-order valence-electron chi connectivity index (χ3n) is 4.04. The summed E-state index contributed by atoms with van der Waals surface area (Å²) in [7, 11) is 0. The SMILES string of the molecule is O=C(c1ccccc1)N(Cc1ccc(Cl)cc1)C[C@H]1CCCO1. The molecule has 0 saturated carbocycles. The fourth-order valence-corrected chi connectivity index (χ4v) is 2.95. The van der Waals surface area contributed by atoms with Crippen molar-refractivity contribution in [3.8, 4) is 0 Å². The molecule has 0 N–H and O–H groups in total. The van der Waals surface area contributed by atoms with Crippen LogP contribution in [0.3, 0.4) is 0 Å². The Hall–Kier alpha value is -1.84. The lowest BCUT2D eigenvalue weighted by Gasteiger charge is -2.26. The van der Waals surface area contributed by atoms with E-state index in [1.807, 2.05) is 59.5 Å². The minimum absolute atomic E-state index is 0.0380. The summed E-state index contributed by atoms with van der Waals surface area (Å²) >= 11 is 5.94. The van der Waals surface area contributed by atoms with Gasteiger partial charge in [-0.15, -0.1) is 0 Å². The number of amides is 1. The van der Waals surface area contributed by atoms with E-state index in [0.29, 0.717) is 23.7 Å². The number of carbonyl (C=O) groups excluding carboxylic acids is 1. The first-order chi connectivity index (χ1) is 11.2. The van der Waals surface area contributed by atoms with Gasteiger partial charge in [-0.05, 0) is 42.7 Å². The van der Waals surface area contributed by atoms with Crippen molar-refractivity contribution in [3.05, 3.63) is 70.7 Å². The van der Waals surface area contributed by atoms with Gasteiger partial charge in [-0.25, -0.2) is 0 Å². The van der Waals surface area contributed by atoms with Gasteiger partial charge in [0.05, 0.1) is 6.10 Å². The highest BCUT2D eigenvalue weighted by atomic mass is 35.5. The largest absolute Gasteiger partial charge is 0.376 e. The summed E-state index contributed by atoms with van der Waals surface area (Å²) in [4.78, 5) is 14.7. The molecule has 0 unspecified atom stereocenters. The molecular formula is C19H20ClNO2. The van der Waals surface area contributed by atoms with Crippen molar-refractivity contribution < 1.29 is 9.53 Å². The van der Waals surface area contributed by atoms with Gasteiger partial charge in [-0.1, -0.05) is 41.9 Å². The molecule has 2 aromatic carbocycles. The van der Waals surface area contributed by atoms with E-state index in [-0.39, 0.29) is 12.0 Å². The Morgan fingerprint density at radius 3 is 2.52 bits per heavy atom. The van der Waals surface area contributed by atoms with Crippen LogP contribution in [-0.2, 0) is 11.3 Å². The van der Waals surface area contributed by atoms with Crippen molar-refractivity contribution in [3.63, 3.8) is 0 Å². The Morgan fingerprint density at radius 2 is 1.87 bits per heavy atom. The number of rotatable bonds is 5. The molecule has 0 bridgehead atoms. The average molecular weight is 330 g/mol. The van der Waals surface area contributed by atoms with Crippen LogP contribution in [0.4, 0.5) is 0 Å². The molecule has 3 rings (SSSR count). The molecule has 2 aromatic rings. The summed E-state index contributed by atoms with van der Waals surface area (Å²) in [6.07, 6.45) is 2.22. The lowest BCUT2D eigenvalue weighted by Crippen LogP contribution is -2.36. The first kappa shape index (κ1) is 16.0. The van der Waals surface area contributed by atoms with Crippen molar-refractivity contribution in [2.45, 2.75) is 25.5 Å². The summed E-state index contributed by atoms with van der Waals surface area (Å²) < 4.78 is 5.71. The molecule has 1 fully saturated rings. The predicted molar refractivity (Wildman–Crippen MR) is 91.6 cm³/mol. The zero-order valence-electron chi connectivity index (χ0n) is 13.0. The molecule has 1 heterocycles. The van der Waals surface area contributed by atoms with E-state index in [9.17, 15) is 4.79 Å². The number of ether oxygens (including phenoxy) is 1. The smallest absolute Gasteiger partial charge is 0.254 e. The molecule has 0 spiro atoms. The maximum absolute atomic E-state index is 12.8. The molecule has 0 radical (unpaired) electrons. The van der Waals surface area contributed by atoms with Gasteiger partial charge in [0.2, 0.25) is 0 Å². The van der Waals surface area contributed by atoms with Crippen molar-refractivity contribution >= 4 is 17.5 Å². The quantitative estimate of drug-likeness (QED) is 0.824. The molecular weight excluding hydrogens is 310 g/mol. The number of halogens is 1. The third-order valence-corrected chi connectivity index (χ3v) is 4.29. The highest BCUT2D eigenvalue weighted by Gasteiger charge is 2.23. The monoisotopic (exact) mass is 329 g/mol. The van der Waals surface area contributed by atoms with Gasteiger partial charge in [0, 0.05) is 30.3 Å². The van der Waals surface area contributed by atoms with Crippen molar-refractivity contribution in [2.75, 3.05) is 13.2 Å². The van der Waals surface area contributed by atoms with Gasteiger partial charge >= 0.3 is 0 Å². The highest BCUT2D eigenvalue weighted by Crippen LogP contribution is 2.18. The van der Waals surface area contributed by atoms with E-state index < -0.39 is 0 Å². The lowest BCUT2D eigenvalue weighted by atomic mass is 10.1. The topological polar surface area (TPSA) is 29.5 Å². The van der Waals surface area contributed by atoms with Gasteiger partial charge < -0.3 is 9.64 Å². The van der Waals surface area contributed by atoms with Crippen molar-refractivity contribution in [2.24, 2.45) is 0 Å². The standard InChI is InChI=1S/C19H20ClNO2/c20-17-10-8-15(9-11-17)13-21(14-18-7-4-12-23-18)19(22)16-5-2-1-3-6-16/h1-3,5-6,8-11,18H,4,7,12-14H2/t18-/m1/s1. The average Bonchev–Trinajstić information content (AvgIpc) is 3.09. The summed E-state index contributed by atoms with van der Waals surface area (Å²) in [5.41, 5.74) is 1.77. The fraction of sp³-hybridized carbons (Fsp3) is 0.316. The molecule has 1 amide bonds. The van der Waals surface area contributed by atoms with Crippen LogP contribution in [-0.4, -0.2) is 30.1 Å². The van der Waals surface area contributed by atoms with Crippen molar-refractivity contribution in [1.29, 1.82) is 0 Å². The second-order valence-corrected chi connectivity index (χ2v) is 6.25. The molecule has 1 saturated heterocycles. The van der Waals surface area contributed by atoms with E-state index in [2.05, 4.69) is 0 Å². The molecule has 1 aliphatic heterocycles. The molecule has 4 heteroatoms. The van der Waals surface area contributed by atoms with Crippen LogP contribution >= 0.6 is 11.6 Å². The minimum atomic E-state index is 0.0380. The second-order valence-electron chi connectivity index (χ2n) is 5.81. The zero-order valence-corrected chi connectivity index (χ0v) is 13.7. The molecule has 0 aromatic heterocycles. The van der Waals surface area contributed by atoms with Crippen LogP contribution < -0.4 is 0 Å². The van der Waals surface area contributed by atoms with Gasteiger partial charge in [-0.3, -0.25) is 4.79 Å². The summed E-state index contributed by atoms with van der Waals surface area (Å²) in [6.45, 7) is 1.97. The first-order valence-electron chi connectivity index (χ1n) is 7.93. The van der Waals surface area contributed by atoms with E-state index in [0.717, 1.165) is 25.0 Å². The molecule has 3 nitrogen and oxygen atoms in total. The van der Waals surface area contributed by atoms with Crippen molar-refractivity contribution in [1.82, 2.24) is 4.90 Å². The molecule has 23 heavy (non-hydrogen) atoms. The molecule has 1 aliphatic rings. The Balaban J connectivity index is 1.77. The van der Waals surface area contributed by atoms with E-state index in [4.69, 9.17) is 16.3 Å². The van der Waals surface area contributed by atoms with E-state index in [1.54, 1.807) is 0 Å². The Kier molecular flexibility index (Phi) is 5.31. The van der Waals surface area contributed by atoms with Crippen LogP contribution in [0.25, 0.3) is 0 Å².